The zero-order valence-electron chi connectivity index (χ0n) is 40.6. The fourth-order valence-electron chi connectivity index (χ4n) is 8.32. The number of hydrogen-bond acceptors (Lipinski definition) is 12. The summed E-state index contributed by atoms with van der Waals surface area (Å²) >= 11 is 1.56. The number of aliphatic hydroxyl groups excluding tert-OH is 1. The summed E-state index contributed by atoms with van der Waals surface area (Å²) in [7, 11) is 0. The number of likely N-dealkylation sites (tertiary alicyclic amines) is 1. The molecule has 2 fully saturated rings. The second-order valence-corrected chi connectivity index (χ2v) is 19.8. The largest absolute Gasteiger partial charge is 0.494 e. The molecule has 0 radical (unpaired) electrons. The van der Waals surface area contributed by atoms with Gasteiger partial charge in [0.15, 0.2) is 0 Å². The lowest BCUT2D eigenvalue weighted by Gasteiger charge is -2.35. The Morgan fingerprint density at radius 1 is 0.930 bits per heavy atom. The van der Waals surface area contributed by atoms with E-state index >= 15 is 0 Å². The molecule has 1 aromatic heterocycles. The fraction of sp³-hybridized carbons (Fsp3) is 0.471. The lowest BCUT2D eigenvalue weighted by molar-refractivity contribution is -0.144. The van der Waals surface area contributed by atoms with Gasteiger partial charge in [0.2, 0.25) is 17.7 Å². The van der Waals surface area contributed by atoms with Crippen molar-refractivity contribution in [1.29, 1.82) is 5.26 Å². The fourth-order valence-corrected chi connectivity index (χ4v) is 9.14. The molecule has 20 heteroatoms. The van der Waals surface area contributed by atoms with E-state index in [1.165, 1.54) is 29.7 Å². The molecule has 3 N–H and O–H groups in total. The number of β-amino-alcohol motifs (C(OH)–C–C–N with tert-alkyl or cyclic N) is 1. The standard InChI is InChI=1S/C51H60F3N7O9S/c1-32-43(71-31-57-32)34-12-10-33(11-13-34)29-56-45(64)41-27-38(62)30-59(41)46(65)44(49(2,3)4)58-42(63)20-23-69-25-24-68-21-8-7-9-22-70-39-18-16-36(17-19-39)61-48(67)60(47(66)50(61,5)6)37-15-14-35(28-55)40(26-37)51(52,53)54/h10-19,26,31,38,41,44,62H,7-9,20-25,27,29-30H2,1-6H3,(H,56,64)(H,58,63)/t38-,41+,44-/m1/s1. The molecule has 3 heterocycles. The minimum Gasteiger partial charge on any atom is -0.494 e. The van der Waals surface area contributed by atoms with Gasteiger partial charge in [0.05, 0.1) is 71.5 Å². The Labute approximate surface area is 415 Å². The first-order valence-electron chi connectivity index (χ1n) is 23.3. The molecule has 4 aromatic rings. The Hall–Kier alpha value is -6.40. The minimum atomic E-state index is -4.87. The number of aryl methyl sites for hydroxylation is 1. The number of imide groups is 1. The van der Waals surface area contributed by atoms with E-state index in [0.29, 0.717) is 42.2 Å². The van der Waals surface area contributed by atoms with Crippen LogP contribution in [0.5, 0.6) is 5.75 Å². The first-order valence-corrected chi connectivity index (χ1v) is 24.2. The number of benzene rings is 3. The van der Waals surface area contributed by atoms with Crippen LogP contribution in [0.1, 0.15) is 89.1 Å². The van der Waals surface area contributed by atoms with Crippen LogP contribution in [0.3, 0.4) is 0 Å². The lowest BCUT2D eigenvalue weighted by atomic mass is 9.85. The zero-order valence-corrected chi connectivity index (χ0v) is 41.5. The molecule has 3 aromatic carbocycles. The number of nitriles is 1. The molecule has 0 unspecified atom stereocenters. The highest BCUT2D eigenvalue weighted by molar-refractivity contribution is 7.13. The topological polar surface area (TPSA) is 204 Å². The molecule has 16 nitrogen and oxygen atoms in total. The molecular weight excluding hydrogens is 944 g/mol. The Kier molecular flexibility index (Phi) is 17.6. The van der Waals surface area contributed by atoms with Gasteiger partial charge in [-0.2, -0.15) is 18.4 Å². The third-order valence-corrected chi connectivity index (χ3v) is 13.2. The number of ether oxygens (including phenoxy) is 3. The number of anilines is 2. The third-order valence-electron chi connectivity index (χ3n) is 12.2. The molecule has 3 atom stereocenters. The number of aliphatic hydroxyl groups is 1. The Morgan fingerprint density at radius 2 is 1.59 bits per heavy atom. The van der Waals surface area contributed by atoms with Crippen molar-refractivity contribution in [3.8, 4) is 22.3 Å². The number of nitrogens with zero attached hydrogens (tertiary/aromatic N) is 5. The molecule has 380 valence electrons. The highest BCUT2D eigenvalue weighted by Gasteiger charge is 2.53. The number of urea groups is 1. The molecule has 0 bridgehead atoms. The van der Waals surface area contributed by atoms with Crippen molar-refractivity contribution in [1.82, 2.24) is 20.5 Å². The molecule has 0 spiro atoms. The molecule has 2 aliphatic heterocycles. The maximum absolute atomic E-state index is 13.9. The number of hydrogen-bond donors (Lipinski definition) is 3. The highest BCUT2D eigenvalue weighted by atomic mass is 32.1. The lowest BCUT2D eigenvalue weighted by Crippen LogP contribution is -2.57. The van der Waals surface area contributed by atoms with Gasteiger partial charge in [-0.1, -0.05) is 45.0 Å². The first kappa shape index (κ1) is 53.9. The van der Waals surface area contributed by atoms with Crippen molar-refractivity contribution >= 4 is 52.4 Å². The van der Waals surface area contributed by atoms with Gasteiger partial charge in [-0.3, -0.25) is 24.1 Å². The molecule has 2 saturated heterocycles. The summed E-state index contributed by atoms with van der Waals surface area (Å²) < 4.78 is 58.1. The van der Waals surface area contributed by atoms with Crippen LogP contribution in [0.2, 0.25) is 0 Å². The van der Waals surface area contributed by atoms with Gasteiger partial charge in [-0.05, 0) is 99.0 Å². The van der Waals surface area contributed by atoms with E-state index in [4.69, 9.17) is 19.5 Å². The minimum absolute atomic E-state index is 0.00193. The number of nitrogens with one attached hydrogen (secondary N) is 2. The zero-order chi connectivity index (χ0) is 51.7. The third kappa shape index (κ3) is 13.3. The van der Waals surface area contributed by atoms with Gasteiger partial charge >= 0.3 is 12.2 Å². The summed E-state index contributed by atoms with van der Waals surface area (Å²) in [5.74, 6) is -1.43. The van der Waals surface area contributed by atoms with E-state index in [9.17, 15) is 42.3 Å². The summed E-state index contributed by atoms with van der Waals surface area (Å²) in [6, 6.07) is 15.8. The van der Waals surface area contributed by atoms with Crippen molar-refractivity contribution in [2.24, 2.45) is 5.41 Å². The molecular formula is C51H60F3N7O9S. The molecule has 0 aliphatic carbocycles. The van der Waals surface area contributed by atoms with Crippen LogP contribution in [0.25, 0.3) is 10.4 Å². The number of amides is 6. The van der Waals surface area contributed by atoms with Crippen molar-refractivity contribution in [2.45, 2.75) is 110 Å². The van der Waals surface area contributed by atoms with Gasteiger partial charge in [0.1, 0.15) is 23.4 Å². The van der Waals surface area contributed by atoms with E-state index in [2.05, 4.69) is 15.6 Å². The molecule has 6 amide bonds. The van der Waals surface area contributed by atoms with E-state index in [-0.39, 0.29) is 50.7 Å². The summed E-state index contributed by atoms with van der Waals surface area (Å²) in [4.78, 5) is 76.0. The number of unbranched alkanes of at least 4 members (excludes halogenated alkanes) is 2. The van der Waals surface area contributed by atoms with Crippen LogP contribution >= 0.6 is 11.3 Å². The van der Waals surface area contributed by atoms with E-state index in [1.807, 2.05) is 52.0 Å². The predicted octanol–water partition coefficient (Wildman–Crippen LogP) is 7.54. The van der Waals surface area contributed by atoms with E-state index < -0.39 is 70.2 Å². The van der Waals surface area contributed by atoms with Crippen LogP contribution in [-0.2, 0) is 41.4 Å². The van der Waals surface area contributed by atoms with E-state index in [0.717, 1.165) is 53.1 Å². The van der Waals surface area contributed by atoms with Crippen molar-refractivity contribution in [3.63, 3.8) is 0 Å². The average molecular weight is 1000 g/mol. The monoisotopic (exact) mass is 1000 g/mol. The quantitative estimate of drug-likeness (QED) is 0.0550. The molecule has 2 aliphatic rings. The van der Waals surface area contributed by atoms with Gasteiger partial charge in [-0.15, -0.1) is 11.3 Å². The van der Waals surface area contributed by atoms with Crippen LogP contribution < -0.4 is 25.2 Å². The normalized spacial score (nSPS) is 17.3. The van der Waals surface area contributed by atoms with Crippen molar-refractivity contribution in [2.75, 3.05) is 49.4 Å². The van der Waals surface area contributed by atoms with Crippen LogP contribution in [-0.4, -0.2) is 108 Å². The number of alkyl halides is 3. The first-order chi connectivity index (χ1) is 33.6. The Balaban J connectivity index is 0.851. The number of halogens is 3. The second kappa shape index (κ2) is 23.2. The predicted molar refractivity (Wildman–Crippen MR) is 259 cm³/mol. The Bertz CT molecular complexity index is 2580. The number of carbonyl (C=O) groups excluding carboxylic acids is 5. The number of thiazole rings is 1. The molecule has 71 heavy (non-hydrogen) atoms. The maximum atomic E-state index is 13.9. The SMILES string of the molecule is Cc1ncsc1-c1ccc(CNC(=O)[C@@H]2C[C@@H](O)CN2C(=O)[C@@H](NC(=O)CCOCCOCCCCCOc2ccc(N3C(=O)N(c4ccc(C#N)c(C(F)(F)F)c4)C(=O)C3(C)C)cc2)C(C)(C)C)cc1. The maximum Gasteiger partial charge on any atom is 0.417 e. The molecule has 0 saturated carbocycles. The van der Waals surface area contributed by atoms with E-state index in [1.54, 1.807) is 41.1 Å². The van der Waals surface area contributed by atoms with Crippen molar-refractivity contribution < 1.29 is 56.5 Å². The van der Waals surface area contributed by atoms with Crippen molar-refractivity contribution in [3.05, 3.63) is 94.6 Å². The van der Waals surface area contributed by atoms with Gasteiger partial charge < -0.3 is 34.9 Å². The number of aromatic nitrogens is 1. The second-order valence-electron chi connectivity index (χ2n) is 19.0. The number of rotatable bonds is 21. The van der Waals surface area contributed by atoms with Crippen LogP contribution in [0, 0.1) is 23.7 Å². The molecule has 6 rings (SSSR count). The average Bonchev–Trinajstić information content (AvgIpc) is 3.99. The van der Waals surface area contributed by atoms with Crippen LogP contribution in [0.15, 0.2) is 72.2 Å². The van der Waals surface area contributed by atoms with Gasteiger partial charge in [-0.25, -0.2) is 14.7 Å². The summed E-state index contributed by atoms with van der Waals surface area (Å²) in [5.41, 5.74) is 0.713. The summed E-state index contributed by atoms with van der Waals surface area (Å²) in [5, 5.41) is 25.4. The van der Waals surface area contributed by atoms with Gasteiger partial charge in [0.25, 0.3) is 5.91 Å². The summed E-state index contributed by atoms with van der Waals surface area (Å²) in [6.07, 6.45) is -3.39. The van der Waals surface area contributed by atoms with Crippen LogP contribution in [0.4, 0.5) is 29.3 Å². The summed E-state index contributed by atoms with van der Waals surface area (Å²) in [6.45, 7) is 12.2. The van der Waals surface area contributed by atoms with Gasteiger partial charge in [0, 0.05) is 38.2 Å². The smallest absolute Gasteiger partial charge is 0.417 e. The highest BCUT2D eigenvalue weighted by Crippen LogP contribution is 2.40. The Morgan fingerprint density at radius 3 is 2.23 bits per heavy atom. The number of carbonyl (C=O) groups is 5.